The minimum atomic E-state index is -4.38. The molecule has 0 saturated heterocycles. The number of carbonyl (C=O) groups is 1. The van der Waals surface area contributed by atoms with Crippen LogP contribution >= 0.6 is 0 Å². The zero-order valence-electron chi connectivity index (χ0n) is 10.3. The first-order chi connectivity index (χ1) is 8.78. The van der Waals surface area contributed by atoms with Gasteiger partial charge in [0.05, 0.1) is 5.69 Å². The minimum absolute atomic E-state index is 0.0928. The fourth-order valence-corrected chi connectivity index (χ4v) is 1.95. The molecule has 104 valence electrons. The van der Waals surface area contributed by atoms with Gasteiger partial charge in [-0.2, -0.15) is 13.2 Å². The summed E-state index contributed by atoms with van der Waals surface area (Å²) in [7, 11) is 0. The van der Waals surface area contributed by atoms with Gasteiger partial charge in [-0.25, -0.2) is 4.39 Å². The fraction of sp³-hybridized carbons (Fsp3) is 0.462. The molecule has 0 spiro atoms. The Labute approximate surface area is 108 Å². The van der Waals surface area contributed by atoms with E-state index in [1.165, 1.54) is 19.1 Å². The maximum Gasteiger partial charge on any atom is 0.405 e. The number of nitrogens with zero attached hydrogens (tertiary/aromatic N) is 1. The van der Waals surface area contributed by atoms with E-state index in [1.807, 2.05) is 0 Å². The largest absolute Gasteiger partial charge is 0.405 e. The highest BCUT2D eigenvalue weighted by Crippen LogP contribution is 2.35. The first kappa shape index (κ1) is 13.8. The number of benzene rings is 1. The number of Topliss-reactive ketones (excluding diaryl/α,β-unsaturated/α-hetero) is 1. The van der Waals surface area contributed by atoms with Gasteiger partial charge >= 0.3 is 6.18 Å². The van der Waals surface area contributed by atoms with E-state index in [-0.39, 0.29) is 23.1 Å². The summed E-state index contributed by atoms with van der Waals surface area (Å²) in [6, 6.07) is 3.32. The molecular weight excluding hydrogens is 262 g/mol. The van der Waals surface area contributed by atoms with Crippen molar-refractivity contribution in [3.63, 3.8) is 0 Å². The number of hydrogen-bond acceptors (Lipinski definition) is 2. The van der Waals surface area contributed by atoms with Crippen LogP contribution in [0.5, 0.6) is 0 Å². The van der Waals surface area contributed by atoms with Gasteiger partial charge in [-0.3, -0.25) is 4.79 Å². The van der Waals surface area contributed by atoms with E-state index in [9.17, 15) is 22.4 Å². The molecule has 0 aliphatic heterocycles. The standard InChI is InChI=1S/C13H13F4NO/c1-8(19)9-2-5-12(11(14)6-9)18(10-3-4-10)7-13(15,16)17/h2,5-6,10H,3-4,7H2,1H3. The van der Waals surface area contributed by atoms with Crippen LogP contribution in [0.1, 0.15) is 30.1 Å². The number of halogens is 4. The van der Waals surface area contributed by atoms with Crippen molar-refractivity contribution in [1.82, 2.24) is 0 Å². The van der Waals surface area contributed by atoms with Gasteiger partial charge in [-0.1, -0.05) is 0 Å². The Morgan fingerprint density at radius 2 is 2.00 bits per heavy atom. The van der Waals surface area contributed by atoms with Crippen molar-refractivity contribution in [2.45, 2.75) is 32.0 Å². The SMILES string of the molecule is CC(=O)c1ccc(N(CC(F)(F)F)C2CC2)c(F)c1. The second-order valence-corrected chi connectivity index (χ2v) is 4.70. The molecule has 1 aliphatic rings. The Hall–Kier alpha value is -1.59. The third-order valence-corrected chi connectivity index (χ3v) is 3.00. The Bertz CT molecular complexity index is 494. The van der Waals surface area contributed by atoms with Crippen LogP contribution in [0.15, 0.2) is 18.2 Å². The van der Waals surface area contributed by atoms with Crippen molar-refractivity contribution in [1.29, 1.82) is 0 Å². The third kappa shape index (κ3) is 3.45. The summed E-state index contributed by atoms with van der Waals surface area (Å²) < 4.78 is 51.4. The molecule has 2 rings (SSSR count). The summed E-state index contributed by atoms with van der Waals surface area (Å²) in [6.07, 6.45) is -3.12. The van der Waals surface area contributed by atoms with E-state index in [4.69, 9.17) is 0 Å². The zero-order chi connectivity index (χ0) is 14.2. The molecule has 1 fully saturated rings. The van der Waals surface area contributed by atoms with Crippen LogP contribution in [0, 0.1) is 5.82 Å². The predicted molar refractivity (Wildman–Crippen MR) is 62.8 cm³/mol. The number of anilines is 1. The average Bonchev–Trinajstić information content (AvgIpc) is 3.08. The van der Waals surface area contributed by atoms with E-state index in [0.29, 0.717) is 12.8 Å². The monoisotopic (exact) mass is 275 g/mol. The van der Waals surface area contributed by atoms with Crippen LogP contribution in [0.3, 0.4) is 0 Å². The molecule has 0 N–H and O–H groups in total. The second kappa shape index (κ2) is 4.83. The van der Waals surface area contributed by atoms with E-state index in [1.54, 1.807) is 0 Å². The van der Waals surface area contributed by atoms with Gasteiger partial charge < -0.3 is 4.90 Å². The lowest BCUT2D eigenvalue weighted by molar-refractivity contribution is -0.120. The quantitative estimate of drug-likeness (QED) is 0.618. The van der Waals surface area contributed by atoms with Crippen LogP contribution in [0.4, 0.5) is 23.2 Å². The third-order valence-electron chi connectivity index (χ3n) is 3.00. The van der Waals surface area contributed by atoms with Crippen LogP contribution in [0.25, 0.3) is 0 Å². The number of carbonyl (C=O) groups excluding carboxylic acids is 1. The lowest BCUT2D eigenvalue weighted by Gasteiger charge is -2.26. The van der Waals surface area contributed by atoms with Gasteiger partial charge in [0.15, 0.2) is 5.78 Å². The molecule has 6 heteroatoms. The van der Waals surface area contributed by atoms with Crippen LogP contribution in [-0.4, -0.2) is 24.5 Å². The highest BCUT2D eigenvalue weighted by Gasteiger charge is 2.39. The predicted octanol–water partition coefficient (Wildman–Crippen LogP) is 3.56. The molecular formula is C13H13F4NO. The van der Waals surface area contributed by atoms with E-state index >= 15 is 0 Å². The fourth-order valence-electron chi connectivity index (χ4n) is 1.95. The maximum atomic E-state index is 13.9. The lowest BCUT2D eigenvalue weighted by Crippen LogP contribution is -2.36. The lowest BCUT2D eigenvalue weighted by atomic mass is 10.1. The molecule has 1 aromatic carbocycles. The van der Waals surface area contributed by atoms with Crippen molar-refractivity contribution in [2.24, 2.45) is 0 Å². The Morgan fingerprint density at radius 1 is 1.37 bits per heavy atom. The summed E-state index contributed by atoms with van der Waals surface area (Å²) in [5.74, 6) is -1.11. The summed E-state index contributed by atoms with van der Waals surface area (Å²) in [6.45, 7) is 0.108. The second-order valence-electron chi connectivity index (χ2n) is 4.70. The Kier molecular flexibility index (Phi) is 3.52. The van der Waals surface area contributed by atoms with Gasteiger partial charge in [0.25, 0.3) is 0 Å². The van der Waals surface area contributed by atoms with Crippen molar-refractivity contribution < 1.29 is 22.4 Å². The minimum Gasteiger partial charge on any atom is -0.357 e. The van der Waals surface area contributed by atoms with Crippen molar-refractivity contribution in [3.8, 4) is 0 Å². The normalized spacial score (nSPS) is 15.4. The number of ketones is 1. The Morgan fingerprint density at radius 3 is 2.42 bits per heavy atom. The molecule has 1 saturated carbocycles. The van der Waals surface area contributed by atoms with E-state index in [0.717, 1.165) is 11.0 Å². The van der Waals surface area contributed by atoms with E-state index < -0.39 is 18.5 Å². The average molecular weight is 275 g/mol. The van der Waals surface area contributed by atoms with Crippen molar-refractivity contribution in [3.05, 3.63) is 29.6 Å². The summed E-state index contributed by atoms with van der Waals surface area (Å²) in [4.78, 5) is 12.1. The topological polar surface area (TPSA) is 20.3 Å². The first-order valence-corrected chi connectivity index (χ1v) is 5.92. The molecule has 2 nitrogen and oxygen atoms in total. The molecule has 1 aliphatic carbocycles. The number of hydrogen-bond donors (Lipinski definition) is 0. The molecule has 0 bridgehead atoms. The van der Waals surface area contributed by atoms with Gasteiger partial charge in [0, 0.05) is 11.6 Å². The first-order valence-electron chi connectivity index (χ1n) is 5.92. The maximum absolute atomic E-state index is 13.9. The molecule has 0 atom stereocenters. The Balaban J connectivity index is 2.29. The highest BCUT2D eigenvalue weighted by molar-refractivity contribution is 5.94. The van der Waals surface area contributed by atoms with Crippen LogP contribution < -0.4 is 4.90 Å². The molecule has 1 aromatic rings. The van der Waals surface area contributed by atoms with E-state index in [2.05, 4.69) is 0 Å². The zero-order valence-corrected chi connectivity index (χ0v) is 10.3. The van der Waals surface area contributed by atoms with Gasteiger partial charge in [0.2, 0.25) is 0 Å². The van der Waals surface area contributed by atoms with Crippen molar-refractivity contribution >= 4 is 11.5 Å². The summed E-state index contributed by atoms with van der Waals surface area (Å²) in [5.41, 5.74) is 0.0637. The van der Waals surface area contributed by atoms with Crippen LogP contribution in [0.2, 0.25) is 0 Å². The van der Waals surface area contributed by atoms with Gasteiger partial charge in [-0.15, -0.1) is 0 Å². The molecule has 19 heavy (non-hydrogen) atoms. The summed E-state index contributed by atoms with van der Waals surface area (Å²) in [5, 5.41) is 0. The molecule has 0 heterocycles. The molecule has 0 radical (unpaired) electrons. The van der Waals surface area contributed by atoms with Gasteiger partial charge in [-0.05, 0) is 38.0 Å². The molecule has 0 unspecified atom stereocenters. The summed E-state index contributed by atoms with van der Waals surface area (Å²) >= 11 is 0. The smallest absolute Gasteiger partial charge is 0.357 e. The molecule has 0 amide bonds. The number of rotatable bonds is 4. The number of alkyl halides is 3. The van der Waals surface area contributed by atoms with Crippen molar-refractivity contribution in [2.75, 3.05) is 11.4 Å². The van der Waals surface area contributed by atoms with Gasteiger partial charge in [0.1, 0.15) is 12.4 Å². The molecule has 0 aromatic heterocycles. The van der Waals surface area contributed by atoms with Crippen LogP contribution in [-0.2, 0) is 0 Å². The highest BCUT2D eigenvalue weighted by atomic mass is 19.4.